The van der Waals surface area contributed by atoms with Crippen LogP contribution in [-0.2, 0) is 20.3 Å². The summed E-state index contributed by atoms with van der Waals surface area (Å²) in [5, 5.41) is 7.75. The van der Waals surface area contributed by atoms with Gasteiger partial charge in [0, 0.05) is 23.7 Å². The molecule has 0 aromatic rings. The summed E-state index contributed by atoms with van der Waals surface area (Å²) in [6.45, 7) is 1.88. The molecule has 0 aliphatic carbocycles. The van der Waals surface area contributed by atoms with Crippen molar-refractivity contribution in [2.24, 2.45) is 0 Å². The molecule has 2 atom stereocenters. The summed E-state index contributed by atoms with van der Waals surface area (Å²) in [6, 6.07) is 0. The largest absolute Gasteiger partial charge is 0.480 e. The number of aliphatic carboxylic acids is 1. The van der Waals surface area contributed by atoms with Crippen LogP contribution in [-0.4, -0.2) is 40.0 Å². The molecule has 0 bridgehead atoms. The van der Waals surface area contributed by atoms with E-state index in [4.69, 9.17) is 5.11 Å². The second-order valence-corrected chi connectivity index (χ2v) is 4.11. The summed E-state index contributed by atoms with van der Waals surface area (Å²) in [5.74, 6) is -0.635. The molecule has 4 nitrogen and oxygen atoms in total. The van der Waals surface area contributed by atoms with Gasteiger partial charge in [-0.15, -0.1) is 0 Å². The Morgan fingerprint density at radius 3 is 2.58 bits per heavy atom. The van der Waals surface area contributed by atoms with Crippen molar-refractivity contribution >= 4 is 16.8 Å². The third-order valence-corrected chi connectivity index (χ3v) is 3.10. The van der Waals surface area contributed by atoms with Crippen molar-refractivity contribution in [1.29, 1.82) is 0 Å². The minimum atomic E-state index is -1.31. The van der Waals surface area contributed by atoms with Gasteiger partial charge in [-0.25, -0.2) is 0 Å². The molecule has 0 aliphatic heterocycles. The van der Waals surface area contributed by atoms with Gasteiger partial charge in [0.1, 0.15) is 0 Å². The molecule has 12 heavy (non-hydrogen) atoms. The van der Waals surface area contributed by atoms with E-state index in [-0.39, 0.29) is 6.61 Å². The molecule has 0 saturated heterocycles. The van der Waals surface area contributed by atoms with Crippen LogP contribution in [0.4, 0.5) is 0 Å². The maximum atomic E-state index is 11.2. The Labute approximate surface area is 74.4 Å². The molecular formula is C7H14O4S. The quantitative estimate of drug-likeness (QED) is 0.658. The van der Waals surface area contributed by atoms with Crippen LogP contribution in [0.15, 0.2) is 0 Å². The van der Waals surface area contributed by atoms with Crippen molar-refractivity contribution in [3.63, 3.8) is 0 Å². The first-order valence-corrected chi connectivity index (χ1v) is 5.10. The lowest BCUT2D eigenvalue weighted by Crippen LogP contribution is -2.31. The highest BCUT2D eigenvalue weighted by atomic mass is 32.2. The van der Waals surface area contributed by atoms with Crippen LogP contribution in [0.25, 0.3) is 0 Å². The van der Waals surface area contributed by atoms with E-state index in [0.29, 0.717) is 5.75 Å². The number of carboxylic acid groups (broad SMARTS) is 1. The van der Waals surface area contributed by atoms with E-state index in [1.165, 1.54) is 7.11 Å². The van der Waals surface area contributed by atoms with Crippen molar-refractivity contribution in [2.45, 2.75) is 18.6 Å². The van der Waals surface area contributed by atoms with Crippen LogP contribution in [0.3, 0.4) is 0 Å². The van der Waals surface area contributed by atoms with E-state index in [1.807, 2.05) is 6.92 Å². The van der Waals surface area contributed by atoms with E-state index < -0.39 is 22.0 Å². The summed E-state index contributed by atoms with van der Waals surface area (Å²) in [7, 11) is 0.0895. The zero-order valence-electron chi connectivity index (χ0n) is 7.28. The second-order valence-electron chi connectivity index (χ2n) is 2.37. The van der Waals surface area contributed by atoms with Crippen molar-refractivity contribution < 1.29 is 18.8 Å². The van der Waals surface area contributed by atoms with Gasteiger partial charge in [-0.2, -0.15) is 0 Å². The van der Waals surface area contributed by atoms with E-state index in [1.54, 1.807) is 0 Å². The van der Waals surface area contributed by atoms with Crippen molar-refractivity contribution in [3.05, 3.63) is 0 Å². The third-order valence-electron chi connectivity index (χ3n) is 1.32. The molecule has 2 unspecified atom stereocenters. The molecule has 0 heterocycles. The van der Waals surface area contributed by atoms with E-state index in [0.717, 1.165) is 6.42 Å². The number of hydrogen-bond acceptors (Lipinski definition) is 3. The Kier molecular flexibility index (Phi) is 5.92. The Morgan fingerprint density at radius 2 is 2.25 bits per heavy atom. The van der Waals surface area contributed by atoms with Gasteiger partial charge in [-0.1, -0.05) is 6.92 Å². The minimum Gasteiger partial charge on any atom is -0.480 e. The molecular weight excluding hydrogens is 180 g/mol. The summed E-state index contributed by atoms with van der Waals surface area (Å²) < 4.78 is 15.9. The van der Waals surface area contributed by atoms with Gasteiger partial charge in [0.2, 0.25) is 0 Å². The fourth-order valence-electron chi connectivity index (χ4n) is 0.754. The van der Waals surface area contributed by atoms with Crippen LogP contribution >= 0.6 is 0 Å². The van der Waals surface area contributed by atoms with Gasteiger partial charge in [-0.3, -0.25) is 9.00 Å². The van der Waals surface area contributed by atoms with E-state index >= 15 is 0 Å². The molecule has 72 valence electrons. The molecule has 0 aromatic heterocycles. The predicted octanol–water partition coefficient (Wildman–Crippen LogP) is 0.245. The van der Waals surface area contributed by atoms with Crippen molar-refractivity contribution in [2.75, 3.05) is 19.5 Å². The fourth-order valence-corrected chi connectivity index (χ4v) is 1.95. The van der Waals surface area contributed by atoms with Gasteiger partial charge in [-0.05, 0) is 6.42 Å². The third kappa shape index (κ3) is 3.82. The van der Waals surface area contributed by atoms with Crippen LogP contribution in [0.5, 0.6) is 0 Å². The highest BCUT2D eigenvalue weighted by Crippen LogP contribution is 2.00. The lowest BCUT2D eigenvalue weighted by atomic mass is 10.4. The molecule has 0 amide bonds. The first kappa shape index (κ1) is 11.6. The zero-order valence-corrected chi connectivity index (χ0v) is 8.10. The van der Waals surface area contributed by atoms with Gasteiger partial charge >= 0.3 is 5.97 Å². The molecule has 0 radical (unpaired) electrons. The number of ether oxygens (including phenoxy) is 1. The lowest BCUT2D eigenvalue weighted by molar-refractivity contribution is -0.137. The van der Waals surface area contributed by atoms with Gasteiger partial charge in [0.05, 0.1) is 6.61 Å². The Hall–Kier alpha value is -0.420. The number of carbonyl (C=O) groups is 1. The zero-order chi connectivity index (χ0) is 9.56. The topological polar surface area (TPSA) is 63.6 Å². The van der Waals surface area contributed by atoms with Crippen molar-refractivity contribution in [3.8, 4) is 0 Å². The van der Waals surface area contributed by atoms with E-state index in [2.05, 4.69) is 4.74 Å². The highest BCUT2D eigenvalue weighted by molar-refractivity contribution is 7.86. The van der Waals surface area contributed by atoms with E-state index in [9.17, 15) is 9.00 Å². The Morgan fingerprint density at radius 1 is 1.67 bits per heavy atom. The molecule has 0 saturated carbocycles. The standard InChI is InChI=1S/C7H14O4S/c1-3-4-12(10)6(5-11-2)7(8)9/h6H,3-5H2,1-2H3,(H,8,9). The molecule has 5 heteroatoms. The van der Waals surface area contributed by atoms with Crippen LogP contribution < -0.4 is 0 Å². The predicted molar refractivity (Wildman–Crippen MR) is 46.6 cm³/mol. The molecule has 0 spiro atoms. The SMILES string of the molecule is CCCS(=O)C(COC)C(=O)O. The number of rotatable bonds is 6. The summed E-state index contributed by atoms with van der Waals surface area (Å²) in [6.07, 6.45) is 0.722. The average Bonchev–Trinajstić information content (AvgIpc) is 1.99. The Balaban J connectivity index is 4.09. The van der Waals surface area contributed by atoms with Gasteiger partial charge < -0.3 is 9.84 Å². The smallest absolute Gasteiger partial charge is 0.321 e. The van der Waals surface area contributed by atoms with Crippen LogP contribution in [0.1, 0.15) is 13.3 Å². The molecule has 0 aliphatic rings. The number of hydrogen-bond donors (Lipinski definition) is 1. The maximum absolute atomic E-state index is 11.2. The summed E-state index contributed by atoms with van der Waals surface area (Å²) >= 11 is 0. The Bertz CT molecular complexity index is 169. The molecule has 0 rings (SSSR count). The summed E-state index contributed by atoms with van der Waals surface area (Å²) in [5.41, 5.74) is 0. The van der Waals surface area contributed by atoms with Crippen LogP contribution in [0, 0.1) is 0 Å². The lowest BCUT2D eigenvalue weighted by Gasteiger charge is -2.09. The number of carboxylic acids is 1. The number of methoxy groups -OCH3 is 1. The molecule has 0 fully saturated rings. The van der Waals surface area contributed by atoms with Crippen molar-refractivity contribution in [1.82, 2.24) is 0 Å². The first-order valence-electron chi connectivity index (χ1n) is 3.72. The van der Waals surface area contributed by atoms with Crippen LogP contribution in [0.2, 0.25) is 0 Å². The highest BCUT2D eigenvalue weighted by Gasteiger charge is 2.23. The minimum absolute atomic E-state index is 0.0158. The molecule has 0 aromatic carbocycles. The maximum Gasteiger partial charge on any atom is 0.321 e. The first-order chi connectivity index (χ1) is 5.63. The average molecular weight is 194 g/mol. The monoisotopic (exact) mass is 194 g/mol. The fraction of sp³-hybridized carbons (Fsp3) is 0.857. The van der Waals surface area contributed by atoms with Gasteiger partial charge in [0.25, 0.3) is 0 Å². The van der Waals surface area contributed by atoms with Gasteiger partial charge in [0.15, 0.2) is 5.25 Å². The summed E-state index contributed by atoms with van der Waals surface area (Å²) in [4.78, 5) is 10.5. The normalized spacial score (nSPS) is 15.5. The second kappa shape index (κ2) is 6.14. The molecule has 1 N–H and O–H groups in total.